The van der Waals surface area contributed by atoms with E-state index in [0.29, 0.717) is 12.6 Å². The van der Waals surface area contributed by atoms with E-state index in [2.05, 4.69) is 53.8 Å². The summed E-state index contributed by atoms with van der Waals surface area (Å²) >= 11 is 0. The molecule has 6 heteroatoms. The minimum absolute atomic E-state index is 0. The number of hydrogen-bond donors (Lipinski definition) is 2. The smallest absolute Gasteiger partial charge is 0.191 e. The highest BCUT2D eigenvalue weighted by molar-refractivity contribution is 14.0. The number of para-hydroxylation sites is 1. The first kappa shape index (κ1) is 18.8. The molecule has 1 fully saturated rings. The van der Waals surface area contributed by atoms with Gasteiger partial charge in [-0.2, -0.15) is 5.10 Å². The molecule has 2 aromatic rings. The maximum Gasteiger partial charge on any atom is 0.191 e. The second-order valence-corrected chi connectivity index (χ2v) is 6.08. The molecule has 1 aromatic carbocycles. The van der Waals surface area contributed by atoms with Crippen LogP contribution in [0.15, 0.2) is 35.3 Å². The van der Waals surface area contributed by atoms with Crippen LogP contribution in [-0.4, -0.2) is 28.3 Å². The number of benzene rings is 1. The van der Waals surface area contributed by atoms with Gasteiger partial charge in [-0.25, -0.2) is 9.67 Å². The number of hydrogen-bond acceptors (Lipinski definition) is 2. The first-order chi connectivity index (χ1) is 11.2. The third-order valence-corrected chi connectivity index (χ3v) is 3.90. The van der Waals surface area contributed by atoms with Crippen LogP contribution < -0.4 is 10.6 Å². The maximum atomic E-state index is 4.74. The van der Waals surface area contributed by atoms with Crippen LogP contribution >= 0.6 is 24.0 Å². The van der Waals surface area contributed by atoms with E-state index in [-0.39, 0.29) is 24.0 Å². The summed E-state index contributed by atoms with van der Waals surface area (Å²) in [6.45, 7) is 7.70. The van der Waals surface area contributed by atoms with Crippen molar-refractivity contribution in [1.29, 1.82) is 0 Å². The van der Waals surface area contributed by atoms with Crippen molar-refractivity contribution in [2.45, 2.75) is 46.2 Å². The Morgan fingerprint density at radius 1 is 1.29 bits per heavy atom. The van der Waals surface area contributed by atoms with Crippen molar-refractivity contribution in [3.8, 4) is 5.69 Å². The molecule has 0 aliphatic heterocycles. The highest BCUT2D eigenvalue weighted by atomic mass is 127. The lowest BCUT2D eigenvalue weighted by Crippen LogP contribution is -2.38. The summed E-state index contributed by atoms with van der Waals surface area (Å²) in [6, 6.07) is 11.0. The predicted octanol–water partition coefficient (Wildman–Crippen LogP) is 3.32. The fourth-order valence-electron chi connectivity index (χ4n) is 2.63. The summed E-state index contributed by atoms with van der Waals surface area (Å²) in [5, 5.41) is 11.4. The molecule has 1 heterocycles. The number of rotatable bonds is 5. The lowest BCUT2D eigenvalue weighted by atomic mass is 10.2. The van der Waals surface area contributed by atoms with Crippen LogP contribution in [0.1, 0.15) is 36.7 Å². The quantitative estimate of drug-likeness (QED) is 0.427. The van der Waals surface area contributed by atoms with Crippen LogP contribution in [0.5, 0.6) is 0 Å². The zero-order valence-corrected chi connectivity index (χ0v) is 16.9. The van der Waals surface area contributed by atoms with Crippen molar-refractivity contribution >= 4 is 29.9 Å². The number of guanidine groups is 1. The van der Waals surface area contributed by atoms with Crippen molar-refractivity contribution in [1.82, 2.24) is 20.4 Å². The highest BCUT2D eigenvalue weighted by Crippen LogP contribution is 2.19. The minimum atomic E-state index is 0. The largest absolute Gasteiger partial charge is 0.357 e. The monoisotopic (exact) mass is 439 g/mol. The Hall–Kier alpha value is -1.57. The highest BCUT2D eigenvalue weighted by Gasteiger charge is 2.22. The SMILES string of the molecule is CCNC(=NCc1ccccc1-n1nc(C)cc1C)NC1CC1.I. The summed E-state index contributed by atoms with van der Waals surface area (Å²) in [5.74, 6) is 0.901. The number of aryl methyl sites for hydroxylation is 2. The molecule has 1 aliphatic rings. The van der Waals surface area contributed by atoms with Gasteiger partial charge in [0, 0.05) is 18.3 Å². The van der Waals surface area contributed by atoms with Gasteiger partial charge in [-0.05, 0) is 51.3 Å². The predicted molar refractivity (Wildman–Crippen MR) is 109 cm³/mol. The van der Waals surface area contributed by atoms with Crippen molar-refractivity contribution in [3.63, 3.8) is 0 Å². The van der Waals surface area contributed by atoms with E-state index in [1.54, 1.807) is 0 Å². The Morgan fingerprint density at radius 3 is 2.67 bits per heavy atom. The van der Waals surface area contributed by atoms with E-state index in [1.807, 2.05) is 17.7 Å². The van der Waals surface area contributed by atoms with Gasteiger partial charge in [-0.3, -0.25) is 0 Å². The number of halogens is 1. The molecule has 0 atom stereocenters. The Balaban J connectivity index is 0.00000208. The Morgan fingerprint density at radius 2 is 2.04 bits per heavy atom. The van der Waals surface area contributed by atoms with Crippen LogP contribution in [-0.2, 0) is 6.54 Å². The molecule has 0 saturated heterocycles. The van der Waals surface area contributed by atoms with E-state index in [0.717, 1.165) is 29.6 Å². The number of aromatic nitrogens is 2. The second-order valence-electron chi connectivity index (χ2n) is 6.08. The zero-order chi connectivity index (χ0) is 16.2. The molecular formula is C18H26IN5. The summed E-state index contributed by atoms with van der Waals surface area (Å²) in [5.41, 5.74) is 4.45. The van der Waals surface area contributed by atoms with Gasteiger partial charge in [-0.15, -0.1) is 24.0 Å². The van der Waals surface area contributed by atoms with E-state index < -0.39 is 0 Å². The van der Waals surface area contributed by atoms with Crippen molar-refractivity contribution in [3.05, 3.63) is 47.3 Å². The first-order valence-electron chi connectivity index (χ1n) is 8.33. The third-order valence-electron chi connectivity index (χ3n) is 3.90. The van der Waals surface area contributed by atoms with Gasteiger partial charge in [-0.1, -0.05) is 18.2 Å². The number of aliphatic imine (C=N–C) groups is 1. The number of nitrogens with one attached hydrogen (secondary N) is 2. The third kappa shape index (κ3) is 4.72. The van der Waals surface area contributed by atoms with Crippen molar-refractivity contribution in [2.75, 3.05) is 6.54 Å². The molecule has 0 radical (unpaired) electrons. The standard InChI is InChI=1S/C18H25N5.HI/c1-4-19-18(21-16-9-10-16)20-12-15-7-5-6-8-17(15)23-14(3)11-13(2)22-23;/h5-8,11,16H,4,9-10,12H2,1-3H3,(H2,19,20,21);1H. The second kappa shape index (κ2) is 8.50. The summed E-state index contributed by atoms with van der Waals surface area (Å²) in [7, 11) is 0. The summed E-state index contributed by atoms with van der Waals surface area (Å²) in [4.78, 5) is 4.74. The van der Waals surface area contributed by atoms with Gasteiger partial charge in [0.2, 0.25) is 0 Å². The van der Waals surface area contributed by atoms with Crippen molar-refractivity contribution < 1.29 is 0 Å². The van der Waals surface area contributed by atoms with Gasteiger partial charge in [0.1, 0.15) is 0 Å². The lowest BCUT2D eigenvalue weighted by molar-refractivity contribution is 0.799. The van der Waals surface area contributed by atoms with E-state index >= 15 is 0 Å². The van der Waals surface area contributed by atoms with E-state index in [4.69, 9.17) is 4.99 Å². The van der Waals surface area contributed by atoms with Gasteiger partial charge >= 0.3 is 0 Å². The molecule has 0 bridgehead atoms. The van der Waals surface area contributed by atoms with Gasteiger partial charge in [0.15, 0.2) is 5.96 Å². The zero-order valence-electron chi connectivity index (χ0n) is 14.5. The molecule has 1 aromatic heterocycles. The van der Waals surface area contributed by atoms with Gasteiger partial charge in [0.25, 0.3) is 0 Å². The van der Waals surface area contributed by atoms with E-state index in [1.165, 1.54) is 18.4 Å². The molecule has 0 spiro atoms. The average Bonchev–Trinajstić information content (AvgIpc) is 3.28. The Labute approximate surface area is 161 Å². The molecule has 24 heavy (non-hydrogen) atoms. The average molecular weight is 439 g/mol. The van der Waals surface area contributed by atoms with E-state index in [9.17, 15) is 0 Å². The van der Waals surface area contributed by atoms with Crippen molar-refractivity contribution in [2.24, 2.45) is 4.99 Å². The maximum absolute atomic E-state index is 4.74. The Kier molecular flexibility index (Phi) is 6.65. The normalized spacial score (nSPS) is 14.2. The van der Waals surface area contributed by atoms with Crippen LogP contribution in [0, 0.1) is 13.8 Å². The minimum Gasteiger partial charge on any atom is -0.357 e. The summed E-state index contributed by atoms with van der Waals surface area (Å²) in [6.07, 6.45) is 2.49. The molecule has 3 rings (SSSR count). The van der Waals surface area contributed by atoms with Gasteiger partial charge < -0.3 is 10.6 Å². The van der Waals surface area contributed by atoms with Crippen LogP contribution in [0.2, 0.25) is 0 Å². The molecule has 2 N–H and O–H groups in total. The van der Waals surface area contributed by atoms with Crippen LogP contribution in [0.4, 0.5) is 0 Å². The topological polar surface area (TPSA) is 54.2 Å². The lowest BCUT2D eigenvalue weighted by Gasteiger charge is -2.12. The molecule has 1 aliphatic carbocycles. The molecule has 130 valence electrons. The van der Waals surface area contributed by atoms with Gasteiger partial charge in [0.05, 0.1) is 17.9 Å². The molecule has 0 unspecified atom stereocenters. The molecule has 5 nitrogen and oxygen atoms in total. The van der Waals surface area contributed by atoms with Crippen LogP contribution in [0.25, 0.3) is 5.69 Å². The molecular weight excluding hydrogens is 413 g/mol. The molecule has 1 saturated carbocycles. The fourth-order valence-corrected chi connectivity index (χ4v) is 2.63. The summed E-state index contributed by atoms with van der Waals surface area (Å²) < 4.78 is 2.00. The fraction of sp³-hybridized carbons (Fsp3) is 0.444. The first-order valence-corrected chi connectivity index (χ1v) is 8.33. The Bertz CT molecular complexity index is 703. The molecule has 0 amide bonds. The van der Waals surface area contributed by atoms with Crippen LogP contribution in [0.3, 0.4) is 0 Å². The number of nitrogens with zero attached hydrogens (tertiary/aromatic N) is 3.